The summed E-state index contributed by atoms with van der Waals surface area (Å²) in [6, 6.07) is 12.6. The molecule has 0 aliphatic rings. The lowest BCUT2D eigenvalue weighted by molar-refractivity contribution is 1.32. The second kappa shape index (κ2) is 6.03. The summed E-state index contributed by atoms with van der Waals surface area (Å²) in [6.07, 6.45) is 0. The van der Waals surface area contributed by atoms with Crippen LogP contribution in [0.5, 0.6) is 0 Å². The summed E-state index contributed by atoms with van der Waals surface area (Å²) in [5.74, 6) is 0. The SMILES string of the molecule is Cc1cc(-c2nc(-c3ccc(Br)cc3)cs2)cc(C)c1Br. The van der Waals surface area contributed by atoms with Crippen LogP contribution in [0.2, 0.25) is 0 Å². The fourth-order valence-corrected chi connectivity index (χ4v) is 3.54. The molecule has 2 aromatic carbocycles. The molecule has 0 aliphatic carbocycles. The number of rotatable bonds is 2. The molecular weight excluding hydrogens is 410 g/mol. The van der Waals surface area contributed by atoms with Crippen LogP contribution >= 0.6 is 43.2 Å². The first-order valence-corrected chi connectivity index (χ1v) is 9.00. The molecule has 0 atom stereocenters. The molecule has 1 heterocycles. The van der Waals surface area contributed by atoms with Gasteiger partial charge in [0.2, 0.25) is 0 Å². The van der Waals surface area contributed by atoms with Crippen molar-refractivity contribution in [1.82, 2.24) is 4.98 Å². The van der Waals surface area contributed by atoms with E-state index in [4.69, 9.17) is 4.98 Å². The van der Waals surface area contributed by atoms with Crippen LogP contribution in [0.4, 0.5) is 0 Å². The van der Waals surface area contributed by atoms with Crippen molar-refractivity contribution >= 4 is 43.2 Å². The lowest BCUT2D eigenvalue weighted by Crippen LogP contribution is -1.85. The van der Waals surface area contributed by atoms with Gasteiger partial charge in [0.05, 0.1) is 5.69 Å². The van der Waals surface area contributed by atoms with E-state index in [9.17, 15) is 0 Å². The first kappa shape index (κ1) is 14.9. The summed E-state index contributed by atoms with van der Waals surface area (Å²) in [7, 11) is 0. The van der Waals surface area contributed by atoms with Crippen molar-refractivity contribution in [3.8, 4) is 21.8 Å². The van der Waals surface area contributed by atoms with Gasteiger partial charge >= 0.3 is 0 Å². The normalized spacial score (nSPS) is 10.9. The van der Waals surface area contributed by atoms with Gasteiger partial charge in [-0.2, -0.15) is 0 Å². The highest BCUT2D eigenvalue weighted by atomic mass is 79.9. The summed E-state index contributed by atoms with van der Waals surface area (Å²) in [5.41, 5.74) is 5.84. The van der Waals surface area contributed by atoms with E-state index in [1.54, 1.807) is 11.3 Å². The van der Waals surface area contributed by atoms with Gasteiger partial charge in [-0.15, -0.1) is 11.3 Å². The van der Waals surface area contributed by atoms with E-state index < -0.39 is 0 Å². The Morgan fingerprint density at radius 2 is 1.52 bits per heavy atom. The van der Waals surface area contributed by atoms with Gasteiger partial charge in [0, 0.05) is 25.5 Å². The summed E-state index contributed by atoms with van der Waals surface area (Å²) >= 11 is 8.76. The predicted molar refractivity (Wildman–Crippen MR) is 97.9 cm³/mol. The van der Waals surface area contributed by atoms with Gasteiger partial charge in [0.25, 0.3) is 0 Å². The second-order valence-corrected chi connectivity index (χ2v) is 7.54. The summed E-state index contributed by atoms with van der Waals surface area (Å²) in [5, 5.41) is 3.18. The Bertz CT molecular complexity index is 768. The smallest absolute Gasteiger partial charge is 0.124 e. The quantitative estimate of drug-likeness (QED) is 0.452. The predicted octanol–water partition coefficient (Wildman–Crippen LogP) is 6.62. The first-order valence-electron chi connectivity index (χ1n) is 6.53. The molecule has 0 fully saturated rings. The van der Waals surface area contributed by atoms with Gasteiger partial charge in [0.15, 0.2) is 0 Å². The molecule has 106 valence electrons. The molecule has 4 heteroatoms. The minimum absolute atomic E-state index is 1.03. The first-order chi connectivity index (χ1) is 10.0. The largest absolute Gasteiger partial charge is 0.236 e. The van der Waals surface area contributed by atoms with Crippen LogP contribution in [0.25, 0.3) is 21.8 Å². The third-order valence-electron chi connectivity index (χ3n) is 3.33. The number of aryl methyl sites for hydroxylation is 2. The molecule has 21 heavy (non-hydrogen) atoms. The molecule has 0 N–H and O–H groups in total. The maximum Gasteiger partial charge on any atom is 0.124 e. The zero-order chi connectivity index (χ0) is 15.0. The molecule has 3 aromatic rings. The molecule has 0 saturated heterocycles. The van der Waals surface area contributed by atoms with Crippen molar-refractivity contribution in [1.29, 1.82) is 0 Å². The van der Waals surface area contributed by atoms with E-state index in [0.29, 0.717) is 0 Å². The molecule has 1 nitrogen and oxygen atoms in total. The minimum Gasteiger partial charge on any atom is -0.236 e. The van der Waals surface area contributed by atoms with E-state index in [1.165, 1.54) is 21.2 Å². The van der Waals surface area contributed by atoms with Gasteiger partial charge < -0.3 is 0 Å². The van der Waals surface area contributed by atoms with Crippen LogP contribution in [0.1, 0.15) is 11.1 Å². The van der Waals surface area contributed by atoms with Crippen LogP contribution in [0, 0.1) is 13.8 Å². The molecule has 0 amide bonds. The van der Waals surface area contributed by atoms with Crippen molar-refractivity contribution in [3.05, 3.63) is 61.9 Å². The number of nitrogens with zero attached hydrogens (tertiary/aromatic N) is 1. The summed E-state index contributed by atoms with van der Waals surface area (Å²) in [4.78, 5) is 4.78. The molecule has 0 saturated carbocycles. The van der Waals surface area contributed by atoms with Crippen LogP contribution in [0.3, 0.4) is 0 Å². The third-order valence-corrected chi connectivity index (χ3v) is 6.00. The standard InChI is InChI=1S/C17H13Br2NS/c1-10-7-13(8-11(2)16(10)19)17-20-15(9-21-17)12-3-5-14(18)6-4-12/h3-9H,1-2H3. The average Bonchev–Trinajstić information content (AvgIpc) is 2.95. The van der Waals surface area contributed by atoms with Crippen molar-refractivity contribution in [3.63, 3.8) is 0 Å². The van der Waals surface area contributed by atoms with Gasteiger partial charge in [-0.1, -0.05) is 44.0 Å². The Kier molecular flexibility index (Phi) is 4.29. The van der Waals surface area contributed by atoms with Crippen molar-refractivity contribution in [2.75, 3.05) is 0 Å². The molecule has 0 bridgehead atoms. The van der Waals surface area contributed by atoms with Crippen LogP contribution < -0.4 is 0 Å². The minimum atomic E-state index is 1.03. The molecular formula is C17H13Br2NS. The molecule has 0 radical (unpaired) electrons. The maximum absolute atomic E-state index is 4.78. The van der Waals surface area contributed by atoms with E-state index in [1.807, 2.05) is 12.1 Å². The van der Waals surface area contributed by atoms with Gasteiger partial charge in [-0.25, -0.2) is 4.98 Å². The molecule has 1 aromatic heterocycles. The Hall–Kier alpha value is -0.970. The fraction of sp³-hybridized carbons (Fsp3) is 0.118. The zero-order valence-electron chi connectivity index (χ0n) is 11.7. The third kappa shape index (κ3) is 3.12. The van der Waals surface area contributed by atoms with Crippen molar-refractivity contribution in [2.24, 2.45) is 0 Å². The molecule has 0 unspecified atom stereocenters. The van der Waals surface area contributed by atoms with Crippen LogP contribution in [-0.2, 0) is 0 Å². The number of hydrogen-bond acceptors (Lipinski definition) is 2. The Morgan fingerprint density at radius 3 is 2.14 bits per heavy atom. The fourth-order valence-electron chi connectivity index (χ4n) is 2.23. The summed E-state index contributed by atoms with van der Waals surface area (Å²) in [6.45, 7) is 4.23. The summed E-state index contributed by atoms with van der Waals surface area (Å²) < 4.78 is 2.26. The number of hydrogen-bond donors (Lipinski definition) is 0. The van der Waals surface area contributed by atoms with E-state index in [-0.39, 0.29) is 0 Å². The molecule has 0 spiro atoms. The van der Waals surface area contributed by atoms with Gasteiger partial charge in [-0.05, 0) is 49.2 Å². The van der Waals surface area contributed by atoms with E-state index in [0.717, 1.165) is 20.7 Å². The maximum atomic E-state index is 4.78. The molecule has 0 aliphatic heterocycles. The monoisotopic (exact) mass is 421 g/mol. The Labute approximate surface area is 145 Å². The van der Waals surface area contributed by atoms with Crippen molar-refractivity contribution < 1.29 is 0 Å². The van der Waals surface area contributed by atoms with Crippen LogP contribution in [0.15, 0.2) is 50.7 Å². The lowest BCUT2D eigenvalue weighted by atomic mass is 10.1. The number of aromatic nitrogens is 1. The highest BCUT2D eigenvalue weighted by molar-refractivity contribution is 9.10. The van der Waals surface area contributed by atoms with E-state index >= 15 is 0 Å². The van der Waals surface area contributed by atoms with Crippen molar-refractivity contribution in [2.45, 2.75) is 13.8 Å². The van der Waals surface area contributed by atoms with Crippen LogP contribution in [-0.4, -0.2) is 4.98 Å². The highest BCUT2D eigenvalue weighted by Gasteiger charge is 2.09. The number of benzene rings is 2. The Morgan fingerprint density at radius 1 is 0.905 bits per heavy atom. The Balaban J connectivity index is 2.00. The number of halogens is 2. The topological polar surface area (TPSA) is 12.9 Å². The molecule has 3 rings (SSSR count). The average molecular weight is 423 g/mol. The van der Waals surface area contributed by atoms with Gasteiger partial charge in [0.1, 0.15) is 5.01 Å². The lowest BCUT2D eigenvalue weighted by Gasteiger charge is -2.05. The second-order valence-electron chi connectivity index (χ2n) is 4.97. The number of thiazole rings is 1. The van der Waals surface area contributed by atoms with E-state index in [2.05, 4.69) is 75.4 Å². The highest BCUT2D eigenvalue weighted by Crippen LogP contribution is 2.33. The zero-order valence-corrected chi connectivity index (χ0v) is 15.6. The van der Waals surface area contributed by atoms with Gasteiger partial charge in [-0.3, -0.25) is 0 Å².